The molecule has 1 aliphatic carbocycles. The number of sulfonamides is 1. The molecule has 0 saturated heterocycles. The van der Waals surface area contributed by atoms with Gasteiger partial charge in [0.15, 0.2) is 5.75 Å². The lowest BCUT2D eigenvalue weighted by Crippen LogP contribution is -2.49. The van der Waals surface area contributed by atoms with Gasteiger partial charge in [0.05, 0.1) is 9.82 Å². The van der Waals surface area contributed by atoms with Gasteiger partial charge < -0.3 is 10.8 Å². The summed E-state index contributed by atoms with van der Waals surface area (Å²) in [5, 5.41) is 20.1. The topological polar surface area (TPSA) is 136 Å². The van der Waals surface area contributed by atoms with E-state index in [2.05, 4.69) is 4.72 Å². The number of nitrogens with zero attached hydrogens (tertiary/aromatic N) is 1. The molecule has 1 aromatic rings. The van der Waals surface area contributed by atoms with Crippen molar-refractivity contribution < 1.29 is 18.4 Å². The minimum Gasteiger partial charge on any atom is -0.502 e. The zero-order valence-corrected chi connectivity index (χ0v) is 12.0. The van der Waals surface area contributed by atoms with Gasteiger partial charge in [-0.25, -0.2) is 13.1 Å². The van der Waals surface area contributed by atoms with Crippen molar-refractivity contribution in [2.24, 2.45) is 5.73 Å². The first-order chi connectivity index (χ1) is 9.81. The van der Waals surface area contributed by atoms with E-state index in [0.29, 0.717) is 6.42 Å². The van der Waals surface area contributed by atoms with E-state index in [1.807, 2.05) is 0 Å². The Hall–Kier alpha value is -1.71. The van der Waals surface area contributed by atoms with Gasteiger partial charge in [-0.2, -0.15) is 0 Å². The lowest BCUT2D eigenvalue weighted by molar-refractivity contribution is -0.386. The first-order valence-electron chi connectivity index (χ1n) is 6.56. The van der Waals surface area contributed by atoms with Crippen LogP contribution in [0.2, 0.25) is 0 Å². The van der Waals surface area contributed by atoms with Crippen molar-refractivity contribution in [2.45, 2.75) is 42.7 Å². The number of phenolic OH excluding ortho intramolecular Hbond substituents is 1. The lowest BCUT2D eigenvalue weighted by atomic mass is 9.92. The van der Waals surface area contributed by atoms with Gasteiger partial charge in [0.25, 0.3) is 0 Å². The van der Waals surface area contributed by atoms with Crippen LogP contribution < -0.4 is 10.5 Å². The first-order valence-corrected chi connectivity index (χ1v) is 8.05. The summed E-state index contributed by atoms with van der Waals surface area (Å²) in [7, 11) is -3.91. The van der Waals surface area contributed by atoms with E-state index >= 15 is 0 Å². The summed E-state index contributed by atoms with van der Waals surface area (Å²) in [6, 6.07) is 2.32. The molecule has 2 atom stereocenters. The van der Waals surface area contributed by atoms with Crippen LogP contribution in [0.3, 0.4) is 0 Å². The van der Waals surface area contributed by atoms with Crippen molar-refractivity contribution in [1.29, 1.82) is 0 Å². The number of rotatable bonds is 4. The number of benzene rings is 1. The SMILES string of the molecule is NC1CCCCC1NS(=O)(=O)c1ccc(O)c([N+](=O)[O-])c1. The molecule has 0 bridgehead atoms. The number of nitro groups is 1. The Morgan fingerprint density at radius 3 is 2.62 bits per heavy atom. The summed E-state index contributed by atoms with van der Waals surface area (Å²) in [5.41, 5.74) is 5.24. The highest BCUT2D eigenvalue weighted by Crippen LogP contribution is 2.28. The normalized spacial score (nSPS) is 22.9. The second-order valence-corrected chi connectivity index (χ2v) is 6.80. The van der Waals surface area contributed by atoms with E-state index in [0.717, 1.165) is 37.5 Å². The highest BCUT2D eigenvalue weighted by molar-refractivity contribution is 7.89. The van der Waals surface area contributed by atoms with Gasteiger partial charge in [-0.05, 0) is 25.0 Å². The fraction of sp³-hybridized carbons (Fsp3) is 0.500. The van der Waals surface area contributed by atoms with Gasteiger partial charge in [-0.15, -0.1) is 0 Å². The largest absolute Gasteiger partial charge is 0.502 e. The smallest absolute Gasteiger partial charge is 0.312 e. The maximum atomic E-state index is 12.3. The number of hydrogen-bond acceptors (Lipinski definition) is 6. The second-order valence-electron chi connectivity index (χ2n) is 5.08. The molecule has 1 fully saturated rings. The van der Waals surface area contributed by atoms with Gasteiger partial charge in [0.2, 0.25) is 10.0 Å². The number of phenols is 1. The average Bonchev–Trinajstić information content (AvgIpc) is 2.41. The molecule has 0 aromatic heterocycles. The quantitative estimate of drug-likeness (QED) is 0.556. The van der Waals surface area contributed by atoms with Crippen LogP contribution in [-0.2, 0) is 10.0 Å². The summed E-state index contributed by atoms with van der Waals surface area (Å²) in [6.07, 6.45) is 3.23. The molecular formula is C12H17N3O5S. The Bertz CT molecular complexity index is 646. The number of aromatic hydroxyl groups is 1. The third kappa shape index (κ3) is 3.49. The molecule has 2 unspecified atom stereocenters. The summed E-state index contributed by atoms with van der Waals surface area (Å²) < 4.78 is 27.0. The van der Waals surface area contributed by atoms with Crippen molar-refractivity contribution in [1.82, 2.24) is 4.72 Å². The molecule has 2 rings (SSSR count). The number of nitro benzene ring substituents is 1. The minimum atomic E-state index is -3.91. The van der Waals surface area contributed by atoms with Crippen LogP contribution in [0, 0.1) is 10.1 Å². The van der Waals surface area contributed by atoms with Crippen LogP contribution in [-0.4, -0.2) is 30.5 Å². The lowest BCUT2D eigenvalue weighted by Gasteiger charge is -2.28. The van der Waals surface area contributed by atoms with Crippen LogP contribution in [0.1, 0.15) is 25.7 Å². The van der Waals surface area contributed by atoms with Crippen LogP contribution in [0.5, 0.6) is 5.75 Å². The predicted molar refractivity (Wildman–Crippen MR) is 75.3 cm³/mol. The van der Waals surface area contributed by atoms with E-state index in [1.165, 1.54) is 0 Å². The molecule has 0 radical (unpaired) electrons. The number of nitrogens with one attached hydrogen (secondary N) is 1. The van der Waals surface area contributed by atoms with E-state index in [1.54, 1.807) is 0 Å². The molecule has 0 aliphatic heterocycles. The van der Waals surface area contributed by atoms with Gasteiger partial charge in [0, 0.05) is 18.2 Å². The third-order valence-corrected chi connectivity index (χ3v) is 5.07. The molecule has 9 heteroatoms. The predicted octanol–water partition coefficient (Wildman–Crippen LogP) is 0.849. The molecular weight excluding hydrogens is 298 g/mol. The molecule has 1 aromatic carbocycles. The minimum absolute atomic E-state index is 0.259. The highest BCUT2D eigenvalue weighted by atomic mass is 32.2. The van der Waals surface area contributed by atoms with Crippen LogP contribution in [0.25, 0.3) is 0 Å². The van der Waals surface area contributed by atoms with E-state index in [9.17, 15) is 23.6 Å². The first kappa shape index (κ1) is 15.7. The molecule has 0 heterocycles. The summed E-state index contributed by atoms with van der Waals surface area (Å²) >= 11 is 0. The molecule has 21 heavy (non-hydrogen) atoms. The summed E-state index contributed by atoms with van der Waals surface area (Å²) in [4.78, 5) is 9.66. The Labute approximate surface area is 122 Å². The van der Waals surface area contributed by atoms with Crippen LogP contribution >= 0.6 is 0 Å². The third-order valence-electron chi connectivity index (χ3n) is 3.58. The monoisotopic (exact) mass is 315 g/mol. The van der Waals surface area contributed by atoms with Gasteiger partial charge in [-0.3, -0.25) is 10.1 Å². The average molecular weight is 315 g/mol. The van der Waals surface area contributed by atoms with Gasteiger partial charge >= 0.3 is 5.69 Å². The molecule has 116 valence electrons. The molecule has 4 N–H and O–H groups in total. The summed E-state index contributed by atoms with van der Waals surface area (Å²) in [5.74, 6) is -0.576. The van der Waals surface area contributed by atoms with Crippen molar-refractivity contribution in [3.63, 3.8) is 0 Å². The fourth-order valence-corrected chi connectivity index (χ4v) is 3.73. The van der Waals surface area contributed by atoms with E-state index in [-0.39, 0.29) is 17.0 Å². The fourth-order valence-electron chi connectivity index (χ4n) is 2.39. The van der Waals surface area contributed by atoms with Gasteiger partial charge in [-0.1, -0.05) is 12.8 Å². The Morgan fingerprint density at radius 2 is 2.00 bits per heavy atom. The summed E-state index contributed by atoms with van der Waals surface area (Å²) in [6.45, 7) is 0. The Kier molecular flexibility index (Phi) is 4.45. The van der Waals surface area contributed by atoms with E-state index < -0.39 is 26.4 Å². The van der Waals surface area contributed by atoms with Crippen molar-refractivity contribution in [2.75, 3.05) is 0 Å². The molecule has 0 spiro atoms. The molecule has 1 saturated carbocycles. The van der Waals surface area contributed by atoms with Crippen LogP contribution in [0.4, 0.5) is 5.69 Å². The molecule has 0 amide bonds. The van der Waals surface area contributed by atoms with Crippen molar-refractivity contribution >= 4 is 15.7 Å². The molecule has 1 aliphatic rings. The molecule has 8 nitrogen and oxygen atoms in total. The van der Waals surface area contributed by atoms with Gasteiger partial charge in [0.1, 0.15) is 0 Å². The number of hydrogen-bond donors (Lipinski definition) is 3. The van der Waals surface area contributed by atoms with E-state index in [4.69, 9.17) is 5.73 Å². The maximum Gasteiger partial charge on any atom is 0.312 e. The van der Waals surface area contributed by atoms with Crippen LogP contribution in [0.15, 0.2) is 23.1 Å². The Balaban J connectivity index is 2.27. The second kappa shape index (κ2) is 5.96. The zero-order valence-electron chi connectivity index (χ0n) is 11.2. The highest BCUT2D eigenvalue weighted by Gasteiger charge is 2.28. The Morgan fingerprint density at radius 1 is 1.33 bits per heavy atom. The number of nitrogens with two attached hydrogens (primary N) is 1. The maximum absolute atomic E-state index is 12.3. The van der Waals surface area contributed by atoms with Crippen molar-refractivity contribution in [3.8, 4) is 5.75 Å². The zero-order chi connectivity index (χ0) is 15.6. The van der Waals surface area contributed by atoms with Crippen molar-refractivity contribution in [3.05, 3.63) is 28.3 Å². The standard InChI is InChI=1S/C12H17N3O5S/c13-9-3-1-2-4-10(9)14-21(19,20)8-5-6-12(16)11(7-8)15(17)18/h5-7,9-10,14,16H,1-4,13H2.